The van der Waals surface area contributed by atoms with Gasteiger partial charge < -0.3 is 19.5 Å². The first-order valence-electron chi connectivity index (χ1n) is 8.53. The summed E-state index contributed by atoms with van der Waals surface area (Å²) in [5.74, 6) is -2.02. The number of alkyl halides is 3. The monoisotopic (exact) mass is 446 g/mol. The largest absolute Gasteiger partial charge is 0.495 e. The van der Waals surface area contributed by atoms with Gasteiger partial charge in [0.15, 0.2) is 0 Å². The molecule has 2 aromatic rings. The summed E-state index contributed by atoms with van der Waals surface area (Å²) in [7, 11) is 1.30. The van der Waals surface area contributed by atoms with Crippen molar-refractivity contribution < 1.29 is 37.0 Å². The van der Waals surface area contributed by atoms with E-state index in [0.717, 1.165) is 0 Å². The summed E-state index contributed by atoms with van der Waals surface area (Å²) in [6.45, 7) is 0.943. The van der Waals surface area contributed by atoms with Crippen molar-refractivity contribution in [1.82, 2.24) is 5.32 Å². The number of esters is 1. The van der Waals surface area contributed by atoms with Crippen LogP contribution in [0.4, 0.5) is 23.7 Å². The van der Waals surface area contributed by atoms with Crippen LogP contribution in [0.25, 0.3) is 0 Å². The minimum absolute atomic E-state index is 0.0258. The summed E-state index contributed by atoms with van der Waals surface area (Å²) >= 11 is 5.86. The number of rotatable bonds is 7. The lowest BCUT2D eigenvalue weighted by Crippen LogP contribution is -2.69. The zero-order chi connectivity index (χ0) is 22.4. The normalized spacial score (nSPS) is 13.0. The van der Waals surface area contributed by atoms with E-state index in [9.17, 15) is 22.8 Å². The maximum Gasteiger partial charge on any atom is 0.460 e. The molecule has 2 N–H and O–H groups in total. The molecule has 0 aliphatic carbocycles. The fourth-order valence-electron chi connectivity index (χ4n) is 2.35. The van der Waals surface area contributed by atoms with Gasteiger partial charge in [0.1, 0.15) is 11.5 Å². The van der Waals surface area contributed by atoms with E-state index in [-0.39, 0.29) is 28.8 Å². The number of carbonyl (C=O) groups excluding carboxylic acids is 2. The molecule has 0 radical (unpaired) electrons. The third-order valence-corrected chi connectivity index (χ3v) is 3.91. The molecule has 0 aliphatic rings. The number of para-hydroxylation sites is 1. The Balaban J connectivity index is 2.42. The topological polar surface area (TPSA) is 85.9 Å². The maximum absolute atomic E-state index is 14.0. The number of methoxy groups -OCH3 is 1. The van der Waals surface area contributed by atoms with Crippen LogP contribution in [0, 0.1) is 0 Å². The molecule has 0 unspecified atom stereocenters. The van der Waals surface area contributed by atoms with Crippen LogP contribution >= 0.6 is 11.6 Å². The Kier molecular flexibility index (Phi) is 7.38. The van der Waals surface area contributed by atoms with Crippen molar-refractivity contribution in [3.05, 3.63) is 53.6 Å². The van der Waals surface area contributed by atoms with E-state index in [0.29, 0.717) is 0 Å². The second kappa shape index (κ2) is 9.57. The van der Waals surface area contributed by atoms with Gasteiger partial charge in [-0.3, -0.25) is 5.32 Å². The van der Waals surface area contributed by atoms with Crippen molar-refractivity contribution in [1.29, 1.82) is 0 Å². The molecular weight excluding hydrogens is 429 g/mol. The van der Waals surface area contributed by atoms with Crippen LogP contribution in [0.3, 0.4) is 0 Å². The number of ether oxygens (including phenoxy) is 3. The van der Waals surface area contributed by atoms with Crippen LogP contribution in [0.1, 0.15) is 6.92 Å². The Hall–Kier alpha value is -3.14. The van der Waals surface area contributed by atoms with Gasteiger partial charge in [-0.1, -0.05) is 29.8 Å². The number of nitrogens with one attached hydrogen (secondary N) is 2. The number of halogens is 4. The second-order valence-corrected chi connectivity index (χ2v) is 6.17. The number of hydrogen-bond donors (Lipinski definition) is 2. The van der Waals surface area contributed by atoms with Gasteiger partial charge >= 0.3 is 23.9 Å². The molecule has 0 heterocycles. The third kappa shape index (κ3) is 5.26. The molecule has 1 atom stereocenters. The molecule has 162 valence electrons. The number of amides is 2. The fourth-order valence-corrected chi connectivity index (χ4v) is 2.52. The lowest BCUT2D eigenvalue weighted by atomic mass is 10.2. The summed E-state index contributed by atoms with van der Waals surface area (Å²) in [6, 6.07) is 9.45. The molecule has 2 rings (SSSR count). The standard InChI is InChI=1S/C19H18ClF3N2O5/c1-3-29-16(26)18(19(21,22)23,30-13-7-5-4-6-8-13)25-17(27)24-14-11-12(20)9-10-15(14)28-2/h4-11H,3H2,1-2H3,(H2,24,25,27)/t18-/m0/s1. The highest BCUT2D eigenvalue weighted by atomic mass is 35.5. The van der Waals surface area contributed by atoms with Gasteiger partial charge in [-0.2, -0.15) is 13.2 Å². The highest BCUT2D eigenvalue weighted by Gasteiger charge is 2.66. The highest BCUT2D eigenvalue weighted by molar-refractivity contribution is 6.31. The quantitative estimate of drug-likeness (QED) is 0.487. The SMILES string of the molecule is CCOC(=O)[C@](NC(=O)Nc1cc(Cl)ccc1OC)(Oc1ccccc1)C(F)(F)F. The van der Waals surface area contributed by atoms with Gasteiger partial charge in [0, 0.05) is 5.02 Å². The van der Waals surface area contributed by atoms with Crippen molar-refractivity contribution in [2.75, 3.05) is 19.0 Å². The molecule has 30 heavy (non-hydrogen) atoms. The van der Waals surface area contributed by atoms with Gasteiger partial charge in [-0.05, 0) is 37.3 Å². The minimum atomic E-state index is -5.37. The number of hydrogen-bond acceptors (Lipinski definition) is 5. The highest BCUT2D eigenvalue weighted by Crippen LogP contribution is 2.35. The zero-order valence-electron chi connectivity index (χ0n) is 15.9. The summed E-state index contributed by atoms with van der Waals surface area (Å²) in [5.41, 5.74) is -3.83. The van der Waals surface area contributed by atoms with Crippen molar-refractivity contribution in [3.8, 4) is 11.5 Å². The van der Waals surface area contributed by atoms with Crippen LogP contribution in [0.15, 0.2) is 48.5 Å². The first kappa shape index (κ1) is 23.1. The lowest BCUT2D eigenvalue weighted by molar-refractivity contribution is -0.259. The Bertz CT molecular complexity index is 895. The Labute approximate surface area is 175 Å². The van der Waals surface area contributed by atoms with Gasteiger partial charge in [0.2, 0.25) is 0 Å². The average Bonchev–Trinajstić information content (AvgIpc) is 2.67. The summed E-state index contributed by atoms with van der Waals surface area (Å²) < 4.78 is 56.6. The molecule has 2 aromatic carbocycles. The van der Waals surface area contributed by atoms with Crippen molar-refractivity contribution in [2.24, 2.45) is 0 Å². The molecule has 0 aliphatic heterocycles. The van der Waals surface area contributed by atoms with Crippen molar-refractivity contribution in [3.63, 3.8) is 0 Å². The van der Waals surface area contributed by atoms with E-state index in [4.69, 9.17) is 21.1 Å². The maximum atomic E-state index is 14.0. The molecule has 0 saturated heterocycles. The van der Waals surface area contributed by atoms with E-state index in [1.807, 2.05) is 0 Å². The van der Waals surface area contributed by atoms with Crippen LogP contribution in [-0.4, -0.2) is 37.6 Å². The van der Waals surface area contributed by atoms with E-state index >= 15 is 0 Å². The fraction of sp³-hybridized carbons (Fsp3) is 0.263. The first-order chi connectivity index (χ1) is 14.1. The Morgan fingerprint density at radius 1 is 1.10 bits per heavy atom. The lowest BCUT2D eigenvalue weighted by Gasteiger charge is -2.33. The predicted molar refractivity (Wildman–Crippen MR) is 103 cm³/mol. The number of carbonyl (C=O) groups is 2. The van der Waals surface area contributed by atoms with E-state index < -0.39 is 23.9 Å². The molecule has 7 nitrogen and oxygen atoms in total. The molecule has 0 saturated carbocycles. The summed E-state index contributed by atoms with van der Waals surface area (Å²) in [5, 5.41) is 3.91. The molecule has 2 amide bonds. The molecule has 0 bridgehead atoms. The van der Waals surface area contributed by atoms with Crippen molar-refractivity contribution >= 4 is 29.3 Å². The van der Waals surface area contributed by atoms with Crippen LogP contribution in [-0.2, 0) is 9.53 Å². The number of urea groups is 1. The van der Waals surface area contributed by atoms with Gasteiger partial charge in [-0.15, -0.1) is 0 Å². The minimum Gasteiger partial charge on any atom is -0.495 e. The van der Waals surface area contributed by atoms with Crippen LogP contribution in [0.2, 0.25) is 5.02 Å². The number of anilines is 1. The third-order valence-electron chi connectivity index (χ3n) is 3.68. The van der Waals surface area contributed by atoms with E-state index in [1.165, 1.54) is 62.6 Å². The Morgan fingerprint density at radius 3 is 2.33 bits per heavy atom. The predicted octanol–water partition coefficient (Wildman–Crippen LogP) is 4.37. The molecule has 0 aromatic heterocycles. The van der Waals surface area contributed by atoms with Gasteiger partial charge in [-0.25, -0.2) is 9.59 Å². The summed E-state index contributed by atoms with van der Waals surface area (Å²) in [4.78, 5) is 24.8. The first-order valence-corrected chi connectivity index (χ1v) is 8.91. The molecule has 0 fully saturated rings. The van der Waals surface area contributed by atoms with E-state index in [2.05, 4.69) is 10.1 Å². The zero-order valence-corrected chi connectivity index (χ0v) is 16.6. The van der Waals surface area contributed by atoms with Crippen molar-refractivity contribution in [2.45, 2.75) is 18.8 Å². The van der Waals surface area contributed by atoms with Gasteiger partial charge in [0.05, 0.1) is 19.4 Å². The second-order valence-electron chi connectivity index (χ2n) is 5.74. The molecular formula is C19H18ClF3N2O5. The van der Waals surface area contributed by atoms with Crippen LogP contribution < -0.4 is 20.1 Å². The number of benzene rings is 2. The van der Waals surface area contributed by atoms with Gasteiger partial charge in [0.25, 0.3) is 0 Å². The smallest absolute Gasteiger partial charge is 0.460 e. The molecule has 0 spiro atoms. The summed E-state index contributed by atoms with van der Waals surface area (Å²) in [6.07, 6.45) is -5.37. The van der Waals surface area contributed by atoms with Crippen LogP contribution in [0.5, 0.6) is 11.5 Å². The van der Waals surface area contributed by atoms with E-state index in [1.54, 1.807) is 5.32 Å². The molecule has 11 heteroatoms. The average molecular weight is 447 g/mol. The Morgan fingerprint density at radius 2 is 1.77 bits per heavy atom.